The Balaban J connectivity index is 1.70. The molecule has 0 amide bonds. The summed E-state index contributed by atoms with van der Waals surface area (Å²) in [7, 11) is 1.70. The van der Waals surface area contributed by atoms with Gasteiger partial charge in [-0.3, -0.25) is 0 Å². The van der Waals surface area contributed by atoms with Crippen molar-refractivity contribution in [3.8, 4) is 11.4 Å². The summed E-state index contributed by atoms with van der Waals surface area (Å²) < 4.78 is 7.21. The van der Waals surface area contributed by atoms with Crippen LogP contribution in [-0.4, -0.2) is 33.4 Å². The predicted molar refractivity (Wildman–Crippen MR) is 96.9 cm³/mol. The van der Waals surface area contributed by atoms with Gasteiger partial charge in [0.05, 0.1) is 18.8 Å². The molecule has 25 heavy (non-hydrogen) atoms. The van der Waals surface area contributed by atoms with Crippen LogP contribution in [-0.2, 0) is 6.42 Å². The Bertz CT molecular complexity index is 802. The normalized spacial score (nSPS) is 13.4. The van der Waals surface area contributed by atoms with Crippen LogP contribution in [0.4, 0.5) is 0 Å². The fourth-order valence-corrected chi connectivity index (χ4v) is 2.98. The minimum Gasteiger partial charge on any atom is -0.496 e. The lowest BCUT2D eigenvalue weighted by Gasteiger charge is -2.20. The molecular weight excluding hydrogens is 314 g/mol. The first-order valence-electron chi connectivity index (χ1n) is 8.40. The third-order valence-electron chi connectivity index (χ3n) is 4.13. The maximum absolute atomic E-state index is 5.44. The summed E-state index contributed by atoms with van der Waals surface area (Å²) in [5.41, 5.74) is 2.13. The van der Waals surface area contributed by atoms with Crippen molar-refractivity contribution in [1.29, 1.82) is 0 Å². The van der Waals surface area contributed by atoms with Crippen molar-refractivity contribution >= 4 is 0 Å². The van der Waals surface area contributed by atoms with Gasteiger partial charge >= 0.3 is 0 Å². The van der Waals surface area contributed by atoms with Gasteiger partial charge in [-0.1, -0.05) is 36.4 Å². The largest absolute Gasteiger partial charge is 0.496 e. The molecule has 6 nitrogen and oxygen atoms in total. The van der Waals surface area contributed by atoms with Gasteiger partial charge in [0.2, 0.25) is 0 Å². The van der Waals surface area contributed by atoms with Crippen LogP contribution in [0.1, 0.15) is 31.3 Å². The van der Waals surface area contributed by atoms with Crippen molar-refractivity contribution in [2.45, 2.75) is 32.4 Å². The van der Waals surface area contributed by atoms with Gasteiger partial charge in [-0.2, -0.15) is 4.68 Å². The molecule has 0 aliphatic carbocycles. The Labute approximate surface area is 147 Å². The van der Waals surface area contributed by atoms with Crippen LogP contribution in [0.3, 0.4) is 0 Å². The molecule has 6 heteroatoms. The second-order valence-electron chi connectivity index (χ2n) is 6.09. The van der Waals surface area contributed by atoms with Crippen LogP contribution in [0.2, 0.25) is 0 Å². The van der Waals surface area contributed by atoms with E-state index < -0.39 is 0 Å². The molecule has 0 spiro atoms. The maximum Gasteiger partial charge on any atom is 0.173 e. The van der Waals surface area contributed by atoms with Gasteiger partial charge in [-0.25, -0.2) is 0 Å². The van der Waals surface area contributed by atoms with Crippen molar-refractivity contribution in [1.82, 2.24) is 25.5 Å². The highest BCUT2D eigenvalue weighted by molar-refractivity contribution is 5.34. The van der Waals surface area contributed by atoms with E-state index in [2.05, 4.69) is 40.8 Å². The molecule has 1 heterocycles. The molecular formula is C19H23N5O. The van der Waals surface area contributed by atoms with E-state index in [4.69, 9.17) is 4.74 Å². The lowest BCUT2D eigenvalue weighted by Crippen LogP contribution is -2.32. The number of ether oxygens (including phenoxy) is 1. The number of methoxy groups -OCH3 is 1. The zero-order chi connectivity index (χ0) is 17.6. The quantitative estimate of drug-likeness (QED) is 0.718. The van der Waals surface area contributed by atoms with Gasteiger partial charge in [-0.15, -0.1) is 5.10 Å². The molecule has 0 radical (unpaired) electrons. The second kappa shape index (κ2) is 7.90. The predicted octanol–water partition coefficient (Wildman–Crippen LogP) is 2.95. The smallest absolute Gasteiger partial charge is 0.173 e. The molecule has 0 fully saturated rings. The van der Waals surface area contributed by atoms with Crippen LogP contribution < -0.4 is 10.1 Å². The number of aromatic nitrogens is 4. The summed E-state index contributed by atoms with van der Waals surface area (Å²) in [6.45, 7) is 4.23. The fourth-order valence-electron chi connectivity index (χ4n) is 2.98. The third-order valence-corrected chi connectivity index (χ3v) is 4.13. The molecule has 1 aromatic heterocycles. The van der Waals surface area contributed by atoms with E-state index in [1.54, 1.807) is 11.8 Å². The number of hydrogen-bond acceptors (Lipinski definition) is 5. The fraction of sp³-hybridized carbons (Fsp3) is 0.316. The molecule has 0 unspecified atom stereocenters. The van der Waals surface area contributed by atoms with E-state index in [1.807, 2.05) is 48.5 Å². The first kappa shape index (κ1) is 17.1. The Morgan fingerprint density at radius 3 is 2.52 bits per heavy atom. The third kappa shape index (κ3) is 4.03. The van der Waals surface area contributed by atoms with Gasteiger partial charge in [0.25, 0.3) is 0 Å². The topological polar surface area (TPSA) is 64.9 Å². The van der Waals surface area contributed by atoms with E-state index in [1.165, 1.54) is 5.56 Å². The minimum atomic E-state index is 0.0138. The van der Waals surface area contributed by atoms with E-state index in [9.17, 15) is 0 Å². The van der Waals surface area contributed by atoms with E-state index in [0.717, 1.165) is 23.7 Å². The minimum absolute atomic E-state index is 0.0138. The molecule has 1 N–H and O–H groups in total. The van der Waals surface area contributed by atoms with Gasteiger partial charge in [0.1, 0.15) is 5.75 Å². The van der Waals surface area contributed by atoms with Gasteiger partial charge in [0, 0.05) is 6.04 Å². The zero-order valence-corrected chi connectivity index (χ0v) is 14.8. The summed E-state index contributed by atoms with van der Waals surface area (Å²) in [5, 5.41) is 15.7. The summed E-state index contributed by atoms with van der Waals surface area (Å²) in [4.78, 5) is 0. The number of hydrogen-bond donors (Lipinski definition) is 1. The number of nitrogens with one attached hydrogen (secondary N) is 1. The Hall–Kier alpha value is -2.73. The monoisotopic (exact) mass is 337 g/mol. The Kier molecular flexibility index (Phi) is 5.40. The van der Waals surface area contributed by atoms with Crippen molar-refractivity contribution < 1.29 is 4.74 Å². The number of tetrazole rings is 1. The molecule has 0 saturated heterocycles. The molecule has 3 aromatic rings. The van der Waals surface area contributed by atoms with Crippen LogP contribution in [0.25, 0.3) is 5.69 Å². The lowest BCUT2D eigenvalue weighted by molar-refractivity contribution is 0.401. The van der Waals surface area contributed by atoms with E-state index >= 15 is 0 Å². The van der Waals surface area contributed by atoms with E-state index in [-0.39, 0.29) is 12.1 Å². The van der Waals surface area contributed by atoms with E-state index in [0.29, 0.717) is 0 Å². The number of benzene rings is 2. The number of nitrogens with zero attached hydrogens (tertiary/aromatic N) is 4. The second-order valence-corrected chi connectivity index (χ2v) is 6.09. The summed E-state index contributed by atoms with van der Waals surface area (Å²) in [5.74, 6) is 1.70. The van der Waals surface area contributed by atoms with Crippen molar-refractivity contribution in [3.63, 3.8) is 0 Å². The first-order valence-corrected chi connectivity index (χ1v) is 8.40. The number of para-hydroxylation sites is 2. The average Bonchev–Trinajstić information content (AvgIpc) is 3.13. The Morgan fingerprint density at radius 2 is 1.76 bits per heavy atom. The molecule has 0 bridgehead atoms. The Morgan fingerprint density at radius 1 is 1.04 bits per heavy atom. The zero-order valence-electron chi connectivity index (χ0n) is 14.8. The van der Waals surface area contributed by atoms with Crippen LogP contribution in [0, 0.1) is 0 Å². The molecule has 2 atom stereocenters. The summed E-state index contributed by atoms with van der Waals surface area (Å²) in [6.07, 6.45) is 0.862. The molecule has 0 saturated carbocycles. The van der Waals surface area contributed by atoms with Crippen molar-refractivity contribution in [3.05, 3.63) is 66.0 Å². The van der Waals surface area contributed by atoms with Gasteiger partial charge in [0.15, 0.2) is 5.82 Å². The SMILES string of the molecule is COc1ccccc1C[C@@H](C)N[C@@H](C)c1nnnn1-c1ccccc1. The van der Waals surface area contributed by atoms with Crippen molar-refractivity contribution in [2.75, 3.05) is 7.11 Å². The highest BCUT2D eigenvalue weighted by atomic mass is 16.5. The molecule has 2 aromatic carbocycles. The highest BCUT2D eigenvalue weighted by Gasteiger charge is 2.18. The summed E-state index contributed by atoms with van der Waals surface area (Å²) in [6, 6.07) is 18.3. The van der Waals surface area contributed by atoms with Gasteiger partial charge in [-0.05, 0) is 54.5 Å². The van der Waals surface area contributed by atoms with Crippen LogP contribution in [0.15, 0.2) is 54.6 Å². The van der Waals surface area contributed by atoms with Gasteiger partial charge < -0.3 is 10.1 Å². The van der Waals surface area contributed by atoms with Crippen LogP contribution >= 0.6 is 0 Å². The average molecular weight is 337 g/mol. The lowest BCUT2D eigenvalue weighted by atomic mass is 10.1. The maximum atomic E-state index is 5.44. The van der Waals surface area contributed by atoms with Crippen molar-refractivity contribution in [2.24, 2.45) is 0 Å². The molecule has 0 aliphatic heterocycles. The van der Waals surface area contributed by atoms with Crippen LogP contribution in [0.5, 0.6) is 5.75 Å². The molecule has 130 valence electrons. The molecule has 0 aliphatic rings. The summed E-state index contributed by atoms with van der Waals surface area (Å²) >= 11 is 0. The first-order chi connectivity index (χ1) is 12.2. The highest BCUT2D eigenvalue weighted by Crippen LogP contribution is 2.20. The standard InChI is InChI=1S/C19H23N5O/c1-14(13-16-9-7-8-12-18(16)25-3)20-15(2)19-21-22-23-24(19)17-10-5-4-6-11-17/h4-12,14-15,20H,13H2,1-3H3/t14-,15+/m1/s1. The molecule has 3 rings (SSSR count). The number of rotatable bonds is 7.